The molecule has 0 atom stereocenters. The Morgan fingerprint density at radius 1 is 1.44 bits per heavy atom. The van der Waals surface area contributed by atoms with E-state index in [1.807, 2.05) is 12.1 Å². The number of hydrogen-bond donors (Lipinski definition) is 1. The Labute approximate surface area is 97.2 Å². The number of pyridine rings is 1. The standard InChI is InChI=1S/C13H18N2O/c1-3-5-9-16-13-7-6-12(15-11-13)10-14-8-4-2/h6-7,11,14H,4,8-10H2,1-2H3. The van der Waals surface area contributed by atoms with Gasteiger partial charge in [-0.2, -0.15) is 0 Å². The molecule has 0 saturated heterocycles. The predicted molar refractivity (Wildman–Crippen MR) is 65.2 cm³/mol. The molecular formula is C13H18N2O. The molecule has 16 heavy (non-hydrogen) atoms. The third-order valence-electron chi connectivity index (χ3n) is 2.02. The Kier molecular flexibility index (Phi) is 6.05. The van der Waals surface area contributed by atoms with Gasteiger partial charge in [0.15, 0.2) is 0 Å². The average molecular weight is 218 g/mol. The van der Waals surface area contributed by atoms with Gasteiger partial charge in [-0.3, -0.25) is 4.98 Å². The largest absolute Gasteiger partial charge is 0.479 e. The number of nitrogens with one attached hydrogen (secondary N) is 1. The van der Waals surface area contributed by atoms with Crippen LogP contribution >= 0.6 is 0 Å². The summed E-state index contributed by atoms with van der Waals surface area (Å²) in [7, 11) is 0. The van der Waals surface area contributed by atoms with Crippen molar-refractivity contribution >= 4 is 0 Å². The van der Waals surface area contributed by atoms with Gasteiger partial charge in [-0.15, -0.1) is 5.92 Å². The molecule has 0 aliphatic carbocycles. The third-order valence-corrected chi connectivity index (χ3v) is 2.02. The van der Waals surface area contributed by atoms with Crippen molar-refractivity contribution in [1.82, 2.24) is 10.3 Å². The second-order valence-corrected chi connectivity index (χ2v) is 3.38. The average Bonchev–Trinajstić information content (AvgIpc) is 2.32. The number of rotatable bonds is 6. The van der Waals surface area contributed by atoms with Crippen LogP contribution in [0.25, 0.3) is 0 Å². The highest BCUT2D eigenvalue weighted by Crippen LogP contribution is 2.08. The van der Waals surface area contributed by atoms with Gasteiger partial charge >= 0.3 is 0 Å². The van der Waals surface area contributed by atoms with E-state index in [9.17, 15) is 0 Å². The molecule has 3 heteroatoms. The zero-order valence-electron chi connectivity index (χ0n) is 9.92. The number of ether oxygens (including phenoxy) is 1. The van der Waals surface area contributed by atoms with Crippen LogP contribution < -0.4 is 10.1 Å². The molecule has 0 radical (unpaired) electrons. The van der Waals surface area contributed by atoms with Crippen LogP contribution in [0.15, 0.2) is 18.3 Å². The van der Waals surface area contributed by atoms with Gasteiger partial charge in [0.2, 0.25) is 0 Å². The molecular weight excluding hydrogens is 200 g/mol. The zero-order chi connectivity index (χ0) is 11.6. The number of aromatic nitrogens is 1. The fraction of sp³-hybridized carbons (Fsp3) is 0.462. The van der Waals surface area contributed by atoms with E-state index < -0.39 is 0 Å². The van der Waals surface area contributed by atoms with E-state index in [1.54, 1.807) is 13.1 Å². The summed E-state index contributed by atoms with van der Waals surface area (Å²) < 4.78 is 5.37. The van der Waals surface area contributed by atoms with E-state index in [0.29, 0.717) is 6.61 Å². The van der Waals surface area contributed by atoms with E-state index >= 15 is 0 Å². The highest BCUT2D eigenvalue weighted by atomic mass is 16.5. The quantitative estimate of drug-likeness (QED) is 0.585. The summed E-state index contributed by atoms with van der Waals surface area (Å²) >= 11 is 0. The summed E-state index contributed by atoms with van der Waals surface area (Å²) in [6.45, 7) is 6.19. The lowest BCUT2D eigenvalue weighted by Gasteiger charge is -2.04. The van der Waals surface area contributed by atoms with Crippen LogP contribution in [0.2, 0.25) is 0 Å². The van der Waals surface area contributed by atoms with Crippen molar-refractivity contribution in [3.8, 4) is 17.6 Å². The van der Waals surface area contributed by atoms with Crippen LogP contribution in [0.4, 0.5) is 0 Å². The van der Waals surface area contributed by atoms with Crippen LogP contribution in [0.5, 0.6) is 5.75 Å². The van der Waals surface area contributed by atoms with Crippen molar-refractivity contribution in [2.45, 2.75) is 26.8 Å². The van der Waals surface area contributed by atoms with Crippen molar-refractivity contribution in [1.29, 1.82) is 0 Å². The minimum absolute atomic E-state index is 0.422. The maximum Gasteiger partial charge on any atom is 0.149 e. The lowest BCUT2D eigenvalue weighted by molar-refractivity contribution is 0.368. The summed E-state index contributed by atoms with van der Waals surface area (Å²) in [5, 5.41) is 3.30. The number of hydrogen-bond acceptors (Lipinski definition) is 3. The minimum Gasteiger partial charge on any atom is -0.479 e. The molecule has 0 aliphatic heterocycles. The summed E-state index contributed by atoms with van der Waals surface area (Å²) in [5.41, 5.74) is 1.03. The second-order valence-electron chi connectivity index (χ2n) is 3.38. The smallest absolute Gasteiger partial charge is 0.149 e. The molecule has 1 heterocycles. The molecule has 1 aromatic rings. The topological polar surface area (TPSA) is 34.1 Å². The molecule has 0 saturated carbocycles. The molecule has 0 fully saturated rings. The lowest BCUT2D eigenvalue weighted by Crippen LogP contribution is -2.14. The van der Waals surface area contributed by atoms with Crippen LogP contribution in [0.1, 0.15) is 26.0 Å². The van der Waals surface area contributed by atoms with Crippen LogP contribution in [-0.2, 0) is 6.54 Å². The van der Waals surface area contributed by atoms with Gasteiger partial charge in [0.1, 0.15) is 12.4 Å². The second kappa shape index (κ2) is 7.72. The van der Waals surface area contributed by atoms with E-state index in [4.69, 9.17) is 4.74 Å². The molecule has 1 rings (SSSR count). The maximum atomic E-state index is 5.37. The van der Waals surface area contributed by atoms with Gasteiger partial charge in [0.05, 0.1) is 11.9 Å². The minimum atomic E-state index is 0.422. The SMILES string of the molecule is CC#CCOc1ccc(CNCCC)nc1. The Balaban J connectivity index is 2.37. The summed E-state index contributed by atoms with van der Waals surface area (Å²) in [6.07, 6.45) is 2.87. The van der Waals surface area contributed by atoms with Crippen LogP contribution in [0.3, 0.4) is 0 Å². The van der Waals surface area contributed by atoms with Crippen molar-refractivity contribution in [2.24, 2.45) is 0 Å². The monoisotopic (exact) mass is 218 g/mol. The lowest BCUT2D eigenvalue weighted by atomic mass is 10.3. The van der Waals surface area contributed by atoms with Gasteiger partial charge in [-0.1, -0.05) is 12.8 Å². The fourth-order valence-corrected chi connectivity index (χ4v) is 1.19. The molecule has 0 spiro atoms. The van der Waals surface area contributed by atoms with E-state index in [-0.39, 0.29) is 0 Å². The molecule has 86 valence electrons. The Bertz CT molecular complexity index is 348. The molecule has 1 N–H and O–H groups in total. The Hall–Kier alpha value is -1.53. The van der Waals surface area contributed by atoms with Crippen molar-refractivity contribution in [3.63, 3.8) is 0 Å². The van der Waals surface area contributed by atoms with Gasteiger partial charge in [-0.05, 0) is 32.0 Å². The van der Waals surface area contributed by atoms with Crippen molar-refractivity contribution in [2.75, 3.05) is 13.2 Å². The van der Waals surface area contributed by atoms with Crippen molar-refractivity contribution < 1.29 is 4.74 Å². The first-order valence-corrected chi connectivity index (χ1v) is 5.55. The van der Waals surface area contributed by atoms with Gasteiger partial charge in [0, 0.05) is 6.54 Å². The maximum absolute atomic E-state index is 5.37. The molecule has 3 nitrogen and oxygen atoms in total. The van der Waals surface area contributed by atoms with Crippen molar-refractivity contribution in [3.05, 3.63) is 24.0 Å². The van der Waals surface area contributed by atoms with Crippen LogP contribution in [-0.4, -0.2) is 18.1 Å². The van der Waals surface area contributed by atoms with E-state index in [2.05, 4.69) is 29.1 Å². The van der Waals surface area contributed by atoms with E-state index in [0.717, 1.165) is 31.0 Å². The first-order valence-electron chi connectivity index (χ1n) is 5.55. The molecule has 0 aliphatic rings. The zero-order valence-corrected chi connectivity index (χ0v) is 9.92. The summed E-state index contributed by atoms with van der Waals surface area (Å²) in [6, 6.07) is 3.89. The fourth-order valence-electron chi connectivity index (χ4n) is 1.19. The Morgan fingerprint density at radius 2 is 2.31 bits per heavy atom. The normalized spacial score (nSPS) is 9.38. The first kappa shape index (κ1) is 12.5. The third kappa shape index (κ3) is 4.81. The predicted octanol–water partition coefficient (Wildman–Crippen LogP) is 1.98. The molecule has 1 aromatic heterocycles. The molecule has 0 bridgehead atoms. The highest BCUT2D eigenvalue weighted by Gasteiger charge is 1.95. The van der Waals surface area contributed by atoms with Gasteiger partial charge < -0.3 is 10.1 Å². The number of nitrogens with zero attached hydrogens (tertiary/aromatic N) is 1. The van der Waals surface area contributed by atoms with Gasteiger partial charge in [0.25, 0.3) is 0 Å². The first-order chi connectivity index (χ1) is 7.86. The van der Waals surface area contributed by atoms with Crippen LogP contribution in [0, 0.1) is 11.8 Å². The summed E-state index contributed by atoms with van der Waals surface area (Å²) in [4.78, 5) is 4.29. The molecule has 0 aromatic carbocycles. The Morgan fingerprint density at radius 3 is 2.94 bits per heavy atom. The molecule has 0 amide bonds. The van der Waals surface area contributed by atoms with E-state index in [1.165, 1.54) is 0 Å². The highest BCUT2D eigenvalue weighted by molar-refractivity contribution is 5.20. The summed E-state index contributed by atoms with van der Waals surface area (Å²) in [5.74, 6) is 6.38. The van der Waals surface area contributed by atoms with Gasteiger partial charge in [-0.25, -0.2) is 0 Å². The molecule has 0 unspecified atom stereocenters.